The molecule has 9 nitrogen and oxygen atoms in total. The van der Waals surface area contributed by atoms with Crippen molar-refractivity contribution in [3.05, 3.63) is 75.4 Å². The monoisotopic (exact) mass is 600 g/mol. The fourth-order valence-electron chi connectivity index (χ4n) is 4.73. The summed E-state index contributed by atoms with van der Waals surface area (Å²) >= 11 is 12.5. The fraction of sp³-hybridized carbons (Fsp3) is 0.400. The molecule has 4 rings (SSSR count). The lowest BCUT2D eigenvalue weighted by Gasteiger charge is -2.33. The van der Waals surface area contributed by atoms with E-state index in [4.69, 9.17) is 38.1 Å². The summed E-state index contributed by atoms with van der Waals surface area (Å²) in [4.78, 5) is 37.4. The zero-order valence-corrected chi connectivity index (χ0v) is 24.8. The minimum Gasteiger partial charge on any atom is -0.481 e. The number of benzene rings is 2. The first-order valence-electron chi connectivity index (χ1n) is 13.5. The number of ether oxygens (including phenoxy) is 1. The van der Waals surface area contributed by atoms with Crippen molar-refractivity contribution in [3.63, 3.8) is 0 Å². The highest BCUT2D eigenvalue weighted by molar-refractivity contribution is 6.35. The predicted octanol–water partition coefficient (Wildman–Crippen LogP) is 6.22. The summed E-state index contributed by atoms with van der Waals surface area (Å²) < 4.78 is 7.51. The lowest BCUT2D eigenvalue weighted by molar-refractivity contribution is -0.136. The third-order valence-corrected chi connectivity index (χ3v) is 7.14. The van der Waals surface area contributed by atoms with Gasteiger partial charge in [-0.15, -0.1) is 0 Å². The molecule has 2 heterocycles. The lowest BCUT2D eigenvalue weighted by atomic mass is 9.93. The van der Waals surface area contributed by atoms with E-state index in [1.807, 2.05) is 49.7 Å². The molecule has 0 atom stereocenters. The lowest BCUT2D eigenvalue weighted by Crippen LogP contribution is -2.41. The molecule has 1 fully saturated rings. The molecule has 3 aromatic rings. The number of carboxylic acid groups (broad SMARTS) is 1. The molecule has 1 aliphatic heterocycles. The molecule has 0 unspecified atom stereocenters. The number of piperidine rings is 1. The zero-order chi connectivity index (χ0) is 29.7. The molecular weight excluding hydrogens is 567 g/mol. The highest BCUT2D eigenvalue weighted by atomic mass is 35.5. The maximum atomic E-state index is 12.6. The first-order chi connectivity index (χ1) is 19.4. The summed E-state index contributed by atoms with van der Waals surface area (Å²) in [6.45, 7) is 7.27. The topological polar surface area (TPSA) is 114 Å². The van der Waals surface area contributed by atoms with Crippen molar-refractivity contribution in [2.45, 2.75) is 58.1 Å². The van der Waals surface area contributed by atoms with E-state index in [1.54, 1.807) is 23.1 Å². The molecule has 0 spiro atoms. The molecule has 0 radical (unpaired) electrons. The Morgan fingerprint density at radius 1 is 1.02 bits per heavy atom. The van der Waals surface area contributed by atoms with Gasteiger partial charge in [-0.25, -0.2) is 4.79 Å². The van der Waals surface area contributed by atoms with E-state index in [1.165, 1.54) is 0 Å². The Bertz CT molecular complexity index is 1390. The molecule has 1 aliphatic rings. The first kappa shape index (κ1) is 30.4. The maximum absolute atomic E-state index is 12.6. The van der Waals surface area contributed by atoms with Gasteiger partial charge in [-0.1, -0.05) is 35.3 Å². The Balaban J connectivity index is 1.54. The van der Waals surface area contributed by atoms with Crippen LogP contribution in [0.1, 0.15) is 67.6 Å². The normalized spacial score (nSPS) is 14.1. The molecule has 0 bridgehead atoms. The van der Waals surface area contributed by atoms with Crippen molar-refractivity contribution in [3.8, 4) is 11.3 Å². The third-order valence-electron chi connectivity index (χ3n) is 6.71. The number of hydrogen-bond donors (Lipinski definition) is 2. The van der Waals surface area contributed by atoms with Crippen LogP contribution in [0.2, 0.25) is 10.0 Å². The molecule has 0 aliphatic carbocycles. The second-order valence-corrected chi connectivity index (χ2v) is 12.0. The number of nitrogens with zero attached hydrogens (tertiary/aromatic N) is 3. The summed E-state index contributed by atoms with van der Waals surface area (Å²) in [6, 6.07) is 14.5. The molecule has 2 aromatic carbocycles. The second kappa shape index (κ2) is 13.0. The summed E-state index contributed by atoms with van der Waals surface area (Å²) in [6.07, 6.45) is 1.08. The van der Waals surface area contributed by atoms with Crippen molar-refractivity contribution >= 4 is 41.2 Å². The Hall–Kier alpha value is -3.56. The summed E-state index contributed by atoms with van der Waals surface area (Å²) in [7, 11) is 0. The van der Waals surface area contributed by atoms with Gasteiger partial charge in [0.15, 0.2) is 0 Å². The van der Waals surface area contributed by atoms with Crippen molar-refractivity contribution < 1.29 is 24.2 Å². The molecule has 41 heavy (non-hydrogen) atoms. The van der Waals surface area contributed by atoms with E-state index in [0.29, 0.717) is 35.2 Å². The van der Waals surface area contributed by atoms with Crippen LogP contribution in [0.5, 0.6) is 0 Å². The van der Waals surface area contributed by atoms with E-state index >= 15 is 0 Å². The van der Waals surface area contributed by atoms with Crippen LogP contribution in [-0.4, -0.2) is 63.0 Å². The van der Waals surface area contributed by atoms with Crippen LogP contribution in [0.4, 0.5) is 4.79 Å². The minimum absolute atomic E-state index is 0.0651. The quantitative estimate of drug-likeness (QED) is 0.317. The number of carbonyl (C=O) groups excluding carboxylic acids is 2. The number of carbonyl (C=O) groups is 3. The molecule has 11 heteroatoms. The Morgan fingerprint density at radius 3 is 2.24 bits per heavy atom. The highest BCUT2D eigenvalue weighted by Gasteiger charge is 2.29. The van der Waals surface area contributed by atoms with Crippen molar-refractivity contribution in [1.82, 2.24) is 20.0 Å². The third kappa shape index (κ3) is 8.47. The predicted molar refractivity (Wildman–Crippen MR) is 158 cm³/mol. The van der Waals surface area contributed by atoms with Crippen LogP contribution < -0.4 is 5.32 Å². The molecule has 218 valence electrons. The maximum Gasteiger partial charge on any atom is 0.410 e. The SMILES string of the molecule is CC(C)(C)OC(=O)N1CCC(c2cc(-c3cc(Cl)cc(Cl)c3)nn2Cc2ccc(C(=O)NCCC(=O)O)cc2)CC1. The Labute approximate surface area is 249 Å². The zero-order valence-electron chi connectivity index (χ0n) is 23.3. The summed E-state index contributed by atoms with van der Waals surface area (Å²) in [5, 5.41) is 17.3. The minimum atomic E-state index is -0.967. The largest absolute Gasteiger partial charge is 0.481 e. The van der Waals surface area contributed by atoms with Gasteiger partial charge in [0.25, 0.3) is 5.91 Å². The molecule has 1 aromatic heterocycles. The summed E-state index contributed by atoms with van der Waals surface area (Å²) in [5.74, 6) is -1.12. The van der Waals surface area contributed by atoms with Gasteiger partial charge < -0.3 is 20.1 Å². The van der Waals surface area contributed by atoms with Gasteiger partial charge in [-0.3, -0.25) is 14.3 Å². The fourth-order valence-corrected chi connectivity index (χ4v) is 5.26. The Morgan fingerprint density at radius 2 is 1.66 bits per heavy atom. The molecular formula is C30H34Cl2N4O5. The summed E-state index contributed by atoms with van der Waals surface area (Å²) in [5.41, 5.74) is 3.43. The van der Waals surface area contributed by atoms with Crippen LogP contribution in [0.3, 0.4) is 0 Å². The number of hydrogen-bond acceptors (Lipinski definition) is 5. The first-order valence-corrected chi connectivity index (χ1v) is 14.2. The Kier molecular flexibility index (Phi) is 9.60. The van der Waals surface area contributed by atoms with Crippen molar-refractivity contribution in [1.29, 1.82) is 0 Å². The van der Waals surface area contributed by atoms with E-state index in [9.17, 15) is 14.4 Å². The van der Waals surface area contributed by atoms with Gasteiger partial charge in [-0.2, -0.15) is 5.10 Å². The van der Waals surface area contributed by atoms with Crippen molar-refractivity contribution in [2.24, 2.45) is 0 Å². The van der Waals surface area contributed by atoms with E-state index in [2.05, 4.69) is 11.4 Å². The number of aromatic nitrogens is 2. The number of nitrogens with one attached hydrogen (secondary N) is 1. The highest BCUT2D eigenvalue weighted by Crippen LogP contribution is 2.34. The van der Waals surface area contributed by atoms with Crippen LogP contribution in [-0.2, 0) is 16.1 Å². The molecule has 2 amide bonds. The van der Waals surface area contributed by atoms with Crippen LogP contribution in [0, 0.1) is 0 Å². The number of carboxylic acids is 1. The van der Waals surface area contributed by atoms with Gasteiger partial charge in [0, 0.05) is 52.4 Å². The van der Waals surface area contributed by atoms with Crippen LogP contribution in [0.15, 0.2) is 48.5 Å². The van der Waals surface area contributed by atoms with E-state index in [-0.39, 0.29) is 30.9 Å². The van der Waals surface area contributed by atoms with Gasteiger partial charge in [0.1, 0.15) is 5.60 Å². The van der Waals surface area contributed by atoms with E-state index in [0.717, 1.165) is 35.4 Å². The average Bonchev–Trinajstić information content (AvgIpc) is 3.31. The molecule has 0 saturated carbocycles. The van der Waals surface area contributed by atoms with Crippen LogP contribution >= 0.6 is 23.2 Å². The molecule has 2 N–H and O–H groups in total. The second-order valence-electron chi connectivity index (χ2n) is 11.1. The van der Waals surface area contributed by atoms with Crippen LogP contribution in [0.25, 0.3) is 11.3 Å². The smallest absolute Gasteiger partial charge is 0.410 e. The number of aliphatic carboxylic acids is 1. The van der Waals surface area contributed by atoms with Gasteiger partial charge in [0.2, 0.25) is 0 Å². The number of amides is 2. The van der Waals surface area contributed by atoms with E-state index < -0.39 is 11.6 Å². The van der Waals surface area contributed by atoms with Gasteiger partial charge in [-0.05, 0) is 75.6 Å². The number of halogens is 2. The standard InChI is InChI=1S/C30H34Cl2N4O5/c1-30(2,3)41-29(40)35-12-9-20(10-13-35)26-17-25(22-14-23(31)16-24(32)15-22)34-36(26)18-19-4-6-21(7-5-19)28(39)33-11-8-27(37)38/h4-7,14-17,20H,8-13,18H2,1-3H3,(H,33,39)(H,37,38). The van der Waals surface area contributed by atoms with Crippen molar-refractivity contribution in [2.75, 3.05) is 19.6 Å². The van der Waals surface area contributed by atoms with Gasteiger partial charge in [0.05, 0.1) is 18.7 Å². The van der Waals surface area contributed by atoms with Gasteiger partial charge >= 0.3 is 12.1 Å². The number of rotatable bonds is 8. The average molecular weight is 602 g/mol. The number of likely N-dealkylation sites (tertiary alicyclic amines) is 1. The molecule has 1 saturated heterocycles.